The van der Waals surface area contributed by atoms with E-state index in [0.29, 0.717) is 0 Å². The molecule has 0 unspecified atom stereocenters. The van der Waals surface area contributed by atoms with E-state index in [1.807, 2.05) is 0 Å². The van der Waals surface area contributed by atoms with Crippen molar-refractivity contribution in [3.05, 3.63) is 47.5 Å². The number of methoxy groups -OCH3 is 1. The van der Waals surface area contributed by atoms with Crippen LogP contribution in [0.15, 0.2) is 36.4 Å². The third-order valence-corrected chi connectivity index (χ3v) is 4.71. The van der Waals surface area contributed by atoms with Gasteiger partial charge in [0.25, 0.3) is 0 Å². The number of Topliss-reactive ketones (excluding diaryl/α,β-unsaturated/α-hetero) is 1. The smallest absolute Gasteiger partial charge is 0.319 e. The van der Waals surface area contributed by atoms with Crippen LogP contribution in [0, 0.1) is 0 Å². The lowest BCUT2D eigenvalue weighted by atomic mass is 9.89. The molecule has 2 atom stereocenters. The van der Waals surface area contributed by atoms with Gasteiger partial charge in [0.2, 0.25) is 5.78 Å². The maximum absolute atomic E-state index is 13.8. The quantitative estimate of drug-likeness (QED) is 0.338. The van der Waals surface area contributed by atoms with Gasteiger partial charge in [-0.1, -0.05) is 12.1 Å². The molecule has 1 heterocycles. The minimum Gasteiger partial charge on any atom is -0.477 e. The summed E-state index contributed by atoms with van der Waals surface area (Å²) in [5.41, 5.74) is -0.0237. The lowest BCUT2D eigenvalue weighted by Crippen LogP contribution is -2.54. The second kappa shape index (κ2) is 9.94. The Morgan fingerprint density at radius 2 is 1.46 bits per heavy atom. The fourth-order valence-electron chi connectivity index (χ4n) is 3.59. The lowest BCUT2D eigenvalue weighted by molar-refractivity contribution is -0.231. The average molecular weight is 486 g/mol. The maximum Gasteiger partial charge on any atom is 0.319 e. The van der Waals surface area contributed by atoms with Crippen LogP contribution in [-0.4, -0.2) is 42.6 Å². The maximum atomic E-state index is 13.8. The fourth-order valence-corrected chi connectivity index (χ4v) is 3.59. The number of rotatable bonds is 6. The molecular weight excluding hydrogens is 464 g/mol. The molecule has 1 aliphatic rings. The van der Waals surface area contributed by atoms with E-state index in [9.17, 15) is 24.0 Å². The average Bonchev–Trinajstić information content (AvgIpc) is 2.73. The molecule has 0 spiro atoms. The fraction of sp³-hybridized carbons (Fsp3) is 0.292. The van der Waals surface area contributed by atoms with Crippen LogP contribution in [0.5, 0.6) is 23.0 Å². The van der Waals surface area contributed by atoms with Crippen molar-refractivity contribution < 1.29 is 52.4 Å². The largest absolute Gasteiger partial charge is 0.477 e. The van der Waals surface area contributed by atoms with E-state index >= 15 is 0 Å². The Morgan fingerprint density at radius 3 is 2.03 bits per heavy atom. The van der Waals surface area contributed by atoms with E-state index in [1.54, 1.807) is 0 Å². The third kappa shape index (κ3) is 5.30. The topological polar surface area (TPSA) is 141 Å². The van der Waals surface area contributed by atoms with E-state index in [0.717, 1.165) is 33.9 Å². The van der Waals surface area contributed by atoms with Crippen molar-refractivity contribution in [3.63, 3.8) is 0 Å². The van der Waals surface area contributed by atoms with E-state index in [-0.39, 0.29) is 34.1 Å². The monoisotopic (exact) mass is 486 g/mol. The molecule has 3 rings (SSSR count). The van der Waals surface area contributed by atoms with Gasteiger partial charge in [-0.2, -0.15) is 0 Å². The Morgan fingerprint density at radius 1 is 0.829 bits per heavy atom. The van der Waals surface area contributed by atoms with Crippen molar-refractivity contribution in [1.29, 1.82) is 0 Å². The molecule has 0 saturated heterocycles. The summed E-state index contributed by atoms with van der Waals surface area (Å²) < 4.78 is 32.2. The van der Waals surface area contributed by atoms with Gasteiger partial charge < -0.3 is 28.4 Å². The summed E-state index contributed by atoms with van der Waals surface area (Å²) in [4.78, 5) is 60.5. The van der Waals surface area contributed by atoms with Crippen LogP contribution < -0.4 is 18.9 Å². The molecule has 1 aliphatic heterocycles. The van der Waals surface area contributed by atoms with Crippen molar-refractivity contribution in [2.24, 2.45) is 0 Å². The molecule has 0 aromatic heterocycles. The number of carbonyl (C=O) groups excluding carboxylic acids is 5. The molecule has 184 valence electrons. The summed E-state index contributed by atoms with van der Waals surface area (Å²) in [6.45, 7) is 4.57. The summed E-state index contributed by atoms with van der Waals surface area (Å²) in [5.74, 6) is -6.48. The Bertz CT molecular complexity index is 1220. The predicted octanol–water partition coefficient (Wildman–Crippen LogP) is 2.68. The van der Waals surface area contributed by atoms with Gasteiger partial charge in [0.15, 0.2) is 6.10 Å². The van der Waals surface area contributed by atoms with E-state index < -0.39 is 41.6 Å². The van der Waals surface area contributed by atoms with Gasteiger partial charge in [-0.3, -0.25) is 24.0 Å². The number of ether oxygens (including phenoxy) is 6. The van der Waals surface area contributed by atoms with Crippen LogP contribution in [0.3, 0.4) is 0 Å². The molecule has 11 nitrogen and oxygen atoms in total. The lowest BCUT2D eigenvalue weighted by Gasteiger charge is -2.41. The molecule has 2 aromatic carbocycles. The molecule has 0 aliphatic carbocycles. The Kier molecular flexibility index (Phi) is 7.20. The predicted molar refractivity (Wildman–Crippen MR) is 116 cm³/mol. The SMILES string of the molecule is CO[C@]1(OC(C)=O)C(=O)c2c(OC(C)=O)cc(OC(C)=O)cc2O[C@H]1c1cccc(OC(C)=O)c1. The highest BCUT2D eigenvalue weighted by molar-refractivity contribution is 6.09. The third-order valence-electron chi connectivity index (χ3n) is 4.71. The molecule has 0 radical (unpaired) electrons. The normalized spacial score (nSPS) is 18.5. The molecule has 0 amide bonds. The first-order valence-electron chi connectivity index (χ1n) is 10.3. The van der Waals surface area contributed by atoms with Gasteiger partial charge in [0, 0.05) is 52.5 Å². The first-order valence-corrected chi connectivity index (χ1v) is 10.3. The summed E-state index contributed by atoms with van der Waals surface area (Å²) in [5, 5.41) is 0. The van der Waals surface area contributed by atoms with Crippen LogP contribution in [0.2, 0.25) is 0 Å². The van der Waals surface area contributed by atoms with Gasteiger partial charge in [-0.15, -0.1) is 0 Å². The number of esters is 4. The molecule has 2 aromatic rings. The van der Waals surface area contributed by atoms with Crippen molar-refractivity contribution in [1.82, 2.24) is 0 Å². The standard InChI is InChI=1S/C24H22O11/c1-12(25)31-17-8-6-7-16(9-17)23-24(30-5,35-15(4)28)22(29)21-19(33-14(3)27)10-18(32-13(2)26)11-20(21)34-23/h6-11,23H,1-5H3/t23-,24-/m0/s1. The summed E-state index contributed by atoms with van der Waals surface area (Å²) in [6, 6.07) is 8.38. The van der Waals surface area contributed by atoms with Crippen LogP contribution >= 0.6 is 0 Å². The highest BCUT2D eigenvalue weighted by atomic mass is 16.7. The van der Waals surface area contributed by atoms with E-state index in [2.05, 4.69) is 0 Å². The highest BCUT2D eigenvalue weighted by Gasteiger charge is 2.58. The zero-order chi connectivity index (χ0) is 25.9. The van der Waals surface area contributed by atoms with Crippen molar-refractivity contribution in [2.45, 2.75) is 39.6 Å². The summed E-state index contributed by atoms with van der Waals surface area (Å²) >= 11 is 0. The van der Waals surface area contributed by atoms with Gasteiger partial charge in [0.1, 0.15) is 28.6 Å². The minimum atomic E-state index is -2.34. The van der Waals surface area contributed by atoms with Crippen LogP contribution in [-0.2, 0) is 28.7 Å². The van der Waals surface area contributed by atoms with Crippen LogP contribution in [0.25, 0.3) is 0 Å². The zero-order valence-electron chi connectivity index (χ0n) is 19.5. The Labute approximate surface area is 199 Å². The van der Waals surface area contributed by atoms with E-state index in [4.69, 9.17) is 28.4 Å². The molecule has 0 fully saturated rings. The zero-order valence-corrected chi connectivity index (χ0v) is 19.5. The first-order chi connectivity index (χ1) is 16.5. The number of carbonyl (C=O) groups is 5. The number of hydrogen-bond donors (Lipinski definition) is 0. The Balaban J connectivity index is 2.26. The van der Waals surface area contributed by atoms with Crippen molar-refractivity contribution in [3.8, 4) is 23.0 Å². The highest BCUT2D eigenvalue weighted by Crippen LogP contribution is 2.49. The van der Waals surface area contributed by atoms with Crippen LogP contribution in [0.1, 0.15) is 49.7 Å². The molecule has 0 saturated carbocycles. The van der Waals surface area contributed by atoms with E-state index in [1.165, 1.54) is 37.3 Å². The summed E-state index contributed by atoms with van der Waals surface area (Å²) in [7, 11) is 1.14. The molecule has 11 heteroatoms. The van der Waals surface area contributed by atoms with Crippen LogP contribution in [0.4, 0.5) is 0 Å². The molecular formula is C24H22O11. The number of ketones is 1. The van der Waals surface area contributed by atoms with Gasteiger partial charge >= 0.3 is 29.7 Å². The molecule has 0 N–H and O–H groups in total. The van der Waals surface area contributed by atoms with Gasteiger partial charge in [0.05, 0.1) is 0 Å². The Hall–Kier alpha value is -4.25. The van der Waals surface area contributed by atoms with Gasteiger partial charge in [-0.25, -0.2) is 0 Å². The molecule has 35 heavy (non-hydrogen) atoms. The second-order valence-corrected chi connectivity index (χ2v) is 7.44. The van der Waals surface area contributed by atoms with Crippen molar-refractivity contribution in [2.75, 3.05) is 7.11 Å². The summed E-state index contributed by atoms with van der Waals surface area (Å²) in [6.07, 6.45) is -1.40. The number of fused-ring (bicyclic) bond motifs is 1. The number of hydrogen-bond acceptors (Lipinski definition) is 11. The van der Waals surface area contributed by atoms with Gasteiger partial charge in [-0.05, 0) is 12.1 Å². The second-order valence-electron chi connectivity index (χ2n) is 7.44. The minimum absolute atomic E-state index is 0.0647. The first kappa shape index (κ1) is 25.4. The molecule has 0 bridgehead atoms. The van der Waals surface area contributed by atoms with Crippen molar-refractivity contribution >= 4 is 29.7 Å². The number of benzene rings is 2.